The fourth-order valence-electron chi connectivity index (χ4n) is 2.90. The van der Waals surface area contributed by atoms with Gasteiger partial charge in [-0.15, -0.1) is 0 Å². The van der Waals surface area contributed by atoms with Crippen molar-refractivity contribution in [2.75, 3.05) is 0 Å². The Morgan fingerprint density at radius 1 is 1.21 bits per heavy atom. The van der Waals surface area contributed by atoms with Crippen molar-refractivity contribution in [2.24, 2.45) is 17.3 Å². The van der Waals surface area contributed by atoms with Crippen molar-refractivity contribution < 1.29 is 5.11 Å². The fourth-order valence-corrected chi connectivity index (χ4v) is 2.90. The monoisotopic (exact) mass is 198 g/mol. The molecular formula is C13H26O. The van der Waals surface area contributed by atoms with Crippen molar-refractivity contribution >= 4 is 0 Å². The van der Waals surface area contributed by atoms with Crippen molar-refractivity contribution in [1.29, 1.82) is 0 Å². The van der Waals surface area contributed by atoms with Gasteiger partial charge in [0, 0.05) is 0 Å². The lowest BCUT2D eigenvalue weighted by atomic mass is 9.66. The average molecular weight is 198 g/mol. The molecule has 0 aliphatic heterocycles. The van der Waals surface area contributed by atoms with E-state index in [2.05, 4.69) is 27.7 Å². The molecule has 0 radical (unpaired) electrons. The molecule has 1 saturated carbocycles. The van der Waals surface area contributed by atoms with Gasteiger partial charge in [0.1, 0.15) is 0 Å². The highest BCUT2D eigenvalue weighted by atomic mass is 16.3. The first-order valence-corrected chi connectivity index (χ1v) is 6.15. The van der Waals surface area contributed by atoms with E-state index >= 15 is 0 Å². The maximum absolute atomic E-state index is 10.3. The van der Waals surface area contributed by atoms with Crippen LogP contribution in [-0.2, 0) is 0 Å². The smallest absolute Gasteiger partial charge is 0.0601 e. The van der Waals surface area contributed by atoms with Crippen LogP contribution in [0.25, 0.3) is 0 Å². The van der Waals surface area contributed by atoms with Crippen molar-refractivity contribution in [2.45, 2.75) is 65.9 Å². The molecule has 14 heavy (non-hydrogen) atoms. The van der Waals surface area contributed by atoms with Gasteiger partial charge < -0.3 is 5.11 Å². The number of aliphatic hydroxyl groups excluding tert-OH is 1. The third-order valence-corrected chi connectivity index (χ3v) is 3.76. The summed E-state index contributed by atoms with van der Waals surface area (Å²) in [6.07, 6.45) is 6.12. The van der Waals surface area contributed by atoms with E-state index in [1.165, 1.54) is 32.1 Å². The molecule has 3 atom stereocenters. The van der Waals surface area contributed by atoms with Gasteiger partial charge >= 0.3 is 0 Å². The highest BCUT2D eigenvalue weighted by Crippen LogP contribution is 2.41. The molecule has 1 N–H and O–H groups in total. The Bertz CT molecular complexity index is 167. The third-order valence-electron chi connectivity index (χ3n) is 3.76. The van der Waals surface area contributed by atoms with Gasteiger partial charge in [0.25, 0.3) is 0 Å². The lowest BCUT2D eigenvalue weighted by molar-refractivity contribution is -0.0330. The van der Waals surface area contributed by atoms with Gasteiger partial charge in [-0.3, -0.25) is 0 Å². The summed E-state index contributed by atoms with van der Waals surface area (Å²) in [5.41, 5.74) is 0.270. The minimum atomic E-state index is -0.0521. The predicted molar refractivity (Wildman–Crippen MR) is 61.2 cm³/mol. The second-order valence-corrected chi connectivity index (χ2v) is 5.94. The van der Waals surface area contributed by atoms with Crippen molar-refractivity contribution in [3.05, 3.63) is 0 Å². The summed E-state index contributed by atoms with van der Waals surface area (Å²) in [7, 11) is 0. The highest BCUT2D eigenvalue weighted by molar-refractivity contribution is 4.88. The maximum Gasteiger partial charge on any atom is 0.0601 e. The van der Waals surface area contributed by atoms with E-state index in [0.29, 0.717) is 11.8 Å². The molecule has 0 aromatic heterocycles. The zero-order valence-corrected chi connectivity index (χ0v) is 10.2. The van der Waals surface area contributed by atoms with E-state index in [0.717, 1.165) is 0 Å². The van der Waals surface area contributed by atoms with Crippen LogP contribution in [0.5, 0.6) is 0 Å². The van der Waals surface area contributed by atoms with Crippen molar-refractivity contribution in [3.63, 3.8) is 0 Å². The zero-order chi connectivity index (χ0) is 10.8. The summed E-state index contributed by atoms with van der Waals surface area (Å²) in [4.78, 5) is 0. The van der Waals surface area contributed by atoms with E-state index in [1.807, 2.05) is 0 Å². The summed E-state index contributed by atoms with van der Waals surface area (Å²) in [6, 6.07) is 0. The number of rotatable bonds is 2. The van der Waals surface area contributed by atoms with Crippen LogP contribution < -0.4 is 0 Å². The van der Waals surface area contributed by atoms with Crippen molar-refractivity contribution in [3.8, 4) is 0 Å². The van der Waals surface area contributed by atoms with Gasteiger partial charge in [-0.1, -0.05) is 40.5 Å². The van der Waals surface area contributed by atoms with Gasteiger partial charge in [-0.05, 0) is 36.5 Å². The number of hydrogen-bond donors (Lipinski definition) is 1. The third kappa shape index (κ3) is 2.73. The van der Waals surface area contributed by atoms with E-state index in [-0.39, 0.29) is 11.5 Å². The Hall–Kier alpha value is -0.0400. The lowest BCUT2D eigenvalue weighted by Gasteiger charge is -2.42. The summed E-state index contributed by atoms with van der Waals surface area (Å²) in [5.74, 6) is 1.07. The van der Waals surface area contributed by atoms with Crippen LogP contribution in [0.1, 0.15) is 59.8 Å². The SMILES string of the molecule is CCCC1CCCC(C(C)(C)C)C1O. The molecule has 3 unspecified atom stereocenters. The molecule has 1 fully saturated rings. The first-order valence-electron chi connectivity index (χ1n) is 6.15. The van der Waals surface area contributed by atoms with Gasteiger partial charge in [0.05, 0.1) is 6.10 Å². The second kappa shape index (κ2) is 4.65. The summed E-state index contributed by atoms with van der Waals surface area (Å²) >= 11 is 0. The molecule has 1 aliphatic carbocycles. The van der Waals surface area contributed by atoms with Crippen LogP contribution in [0.4, 0.5) is 0 Å². The zero-order valence-electron chi connectivity index (χ0n) is 10.2. The van der Waals surface area contributed by atoms with E-state index in [4.69, 9.17) is 0 Å². The van der Waals surface area contributed by atoms with Crippen LogP contribution in [-0.4, -0.2) is 11.2 Å². The van der Waals surface area contributed by atoms with Crippen LogP contribution in [0.15, 0.2) is 0 Å². The summed E-state index contributed by atoms with van der Waals surface area (Å²) in [5, 5.41) is 10.3. The van der Waals surface area contributed by atoms with Gasteiger partial charge in [-0.25, -0.2) is 0 Å². The summed E-state index contributed by atoms with van der Waals surface area (Å²) in [6.45, 7) is 8.99. The largest absolute Gasteiger partial charge is 0.393 e. The topological polar surface area (TPSA) is 20.2 Å². The van der Waals surface area contributed by atoms with E-state index < -0.39 is 0 Å². The minimum absolute atomic E-state index is 0.0521. The Labute approximate surface area is 88.9 Å². The molecule has 0 aromatic rings. The number of aliphatic hydroxyl groups is 1. The molecule has 1 rings (SSSR count). The minimum Gasteiger partial charge on any atom is -0.393 e. The van der Waals surface area contributed by atoms with Gasteiger partial charge in [0.15, 0.2) is 0 Å². The molecule has 0 heterocycles. The first-order chi connectivity index (χ1) is 6.46. The van der Waals surface area contributed by atoms with Crippen molar-refractivity contribution in [1.82, 2.24) is 0 Å². The van der Waals surface area contributed by atoms with Crippen LogP contribution >= 0.6 is 0 Å². The molecule has 0 aromatic carbocycles. The Balaban J connectivity index is 2.61. The Morgan fingerprint density at radius 3 is 2.36 bits per heavy atom. The lowest BCUT2D eigenvalue weighted by Crippen LogP contribution is -2.40. The molecule has 0 spiro atoms. The van der Waals surface area contributed by atoms with Crippen LogP contribution in [0.3, 0.4) is 0 Å². The van der Waals surface area contributed by atoms with Crippen LogP contribution in [0, 0.1) is 17.3 Å². The molecule has 1 nitrogen and oxygen atoms in total. The quantitative estimate of drug-likeness (QED) is 0.718. The molecule has 1 heteroatoms. The van der Waals surface area contributed by atoms with Crippen LogP contribution in [0.2, 0.25) is 0 Å². The highest BCUT2D eigenvalue weighted by Gasteiger charge is 2.37. The normalized spacial score (nSPS) is 34.5. The fraction of sp³-hybridized carbons (Fsp3) is 1.00. The molecule has 0 amide bonds. The van der Waals surface area contributed by atoms with Gasteiger partial charge in [0.2, 0.25) is 0 Å². The molecule has 0 bridgehead atoms. The standard InChI is InChI=1S/C13H26O/c1-5-7-10-8-6-9-11(12(10)14)13(2,3)4/h10-12,14H,5-9H2,1-4H3. The molecular weight excluding hydrogens is 172 g/mol. The average Bonchev–Trinajstić information content (AvgIpc) is 2.07. The second-order valence-electron chi connectivity index (χ2n) is 5.94. The maximum atomic E-state index is 10.3. The van der Waals surface area contributed by atoms with Gasteiger partial charge in [-0.2, -0.15) is 0 Å². The number of hydrogen-bond acceptors (Lipinski definition) is 1. The molecule has 84 valence electrons. The summed E-state index contributed by atoms with van der Waals surface area (Å²) < 4.78 is 0. The van der Waals surface area contributed by atoms with E-state index in [9.17, 15) is 5.11 Å². The molecule has 0 saturated heterocycles. The Kier molecular flexibility index (Phi) is 4.00. The first kappa shape index (κ1) is 12.0. The Morgan fingerprint density at radius 2 is 1.86 bits per heavy atom. The molecule has 1 aliphatic rings. The predicted octanol–water partition coefficient (Wildman–Crippen LogP) is 3.61. The van der Waals surface area contributed by atoms with E-state index in [1.54, 1.807) is 0 Å².